The van der Waals surface area contributed by atoms with E-state index in [1.54, 1.807) is 11.3 Å². The Bertz CT molecular complexity index is 863. The lowest BCUT2D eigenvalue weighted by Gasteiger charge is -2.30. The molecule has 3 unspecified atom stereocenters. The molecule has 1 aromatic carbocycles. The average Bonchev–Trinajstić information content (AvgIpc) is 3.25. The summed E-state index contributed by atoms with van der Waals surface area (Å²) in [6.07, 6.45) is 5.16. The number of likely N-dealkylation sites (tertiary alicyclic amines) is 1. The van der Waals surface area contributed by atoms with Crippen molar-refractivity contribution in [1.82, 2.24) is 9.88 Å². The molecule has 0 radical (unpaired) electrons. The molecule has 1 N–H and O–H groups in total. The highest BCUT2D eigenvalue weighted by atomic mass is 32.1. The number of aromatic nitrogens is 1. The maximum atomic E-state index is 14.4. The lowest BCUT2D eigenvalue weighted by molar-refractivity contribution is -0.150. The third-order valence-electron chi connectivity index (χ3n) is 5.29. The van der Waals surface area contributed by atoms with Crippen molar-refractivity contribution in [2.24, 2.45) is 5.92 Å². The molecule has 1 amide bonds. The minimum absolute atomic E-state index is 0.0515. The predicted octanol–water partition coefficient (Wildman–Crippen LogP) is 3.37. The molecular weight excluding hydrogens is 355 g/mol. The number of halogens is 1. The molecule has 1 saturated heterocycles. The molecule has 4 rings (SSSR count). The molecule has 0 bridgehead atoms. The monoisotopic (exact) mass is 374 g/mol. The second-order valence-electron chi connectivity index (χ2n) is 6.96. The van der Waals surface area contributed by atoms with Gasteiger partial charge in [0, 0.05) is 18.9 Å². The van der Waals surface area contributed by atoms with Crippen LogP contribution in [-0.2, 0) is 9.59 Å². The minimum Gasteiger partial charge on any atom is -0.479 e. The molecule has 0 spiro atoms. The Hall–Kier alpha value is -2.28. The van der Waals surface area contributed by atoms with E-state index in [1.807, 2.05) is 30.3 Å². The molecule has 3 atom stereocenters. The summed E-state index contributed by atoms with van der Waals surface area (Å²) in [7, 11) is 0. The number of amides is 1. The number of para-hydroxylation sites is 1. The van der Waals surface area contributed by atoms with E-state index in [0.717, 1.165) is 15.2 Å². The van der Waals surface area contributed by atoms with Crippen LogP contribution in [0, 0.1) is 5.92 Å². The fourth-order valence-corrected chi connectivity index (χ4v) is 4.92. The lowest BCUT2D eigenvalue weighted by atomic mass is 9.82. The van der Waals surface area contributed by atoms with Crippen molar-refractivity contribution in [2.75, 3.05) is 13.1 Å². The van der Waals surface area contributed by atoms with Gasteiger partial charge < -0.3 is 10.0 Å². The van der Waals surface area contributed by atoms with E-state index in [9.17, 15) is 14.0 Å². The third kappa shape index (κ3) is 2.90. The van der Waals surface area contributed by atoms with Crippen LogP contribution in [0.2, 0.25) is 0 Å². The first kappa shape index (κ1) is 17.1. The summed E-state index contributed by atoms with van der Waals surface area (Å²) >= 11 is 1.59. The van der Waals surface area contributed by atoms with Gasteiger partial charge in [0.1, 0.15) is 0 Å². The number of hydrogen-bond acceptors (Lipinski definition) is 4. The van der Waals surface area contributed by atoms with Crippen molar-refractivity contribution < 1.29 is 19.1 Å². The summed E-state index contributed by atoms with van der Waals surface area (Å²) < 4.78 is 15.4. The second-order valence-corrected chi connectivity index (χ2v) is 8.02. The second kappa shape index (κ2) is 6.46. The van der Waals surface area contributed by atoms with Gasteiger partial charge >= 0.3 is 5.97 Å². The highest BCUT2D eigenvalue weighted by molar-refractivity contribution is 7.18. The van der Waals surface area contributed by atoms with Crippen molar-refractivity contribution in [3.63, 3.8) is 0 Å². The molecule has 1 aliphatic heterocycles. The number of carboxylic acid groups (broad SMARTS) is 1. The maximum absolute atomic E-state index is 14.4. The fourth-order valence-electron chi connectivity index (χ4n) is 3.78. The van der Waals surface area contributed by atoms with Gasteiger partial charge in [-0.2, -0.15) is 0 Å². The molecule has 2 aliphatic rings. The summed E-state index contributed by atoms with van der Waals surface area (Å²) in [5, 5.41) is 9.98. The smallest absolute Gasteiger partial charge is 0.343 e. The van der Waals surface area contributed by atoms with Crippen LogP contribution in [0.5, 0.6) is 0 Å². The lowest BCUT2D eigenvalue weighted by Crippen LogP contribution is -2.42. The fraction of sp³-hybridized carbons (Fsp3) is 0.421. The van der Waals surface area contributed by atoms with Crippen molar-refractivity contribution >= 4 is 33.4 Å². The van der Waals surface area contributed by atoms with E-state index in [4.69, 9.17) is 10.1 Å². The zero-order valence-corrected chi connectivity index (χ0v) is 14.9. The largest absolute Gasteiger partial charge is 0.479 e. The highest BCUT2D eigenvalue weighted by Gasteiger charge is 2.48. The number of carboxylic acids is 1. The maximum Gasteiger partial charge on any atom is 0.343 e. The molecule has 136 valence electrons. The van der Waals surface area contributed by atoms with Gasteiger partial charge in [-0.15, -0.1) is 11.3 Å². The Labute approximate surface area is 154 Å². The van der Waals surface area contributed by atoms with Crippen LogP contribution >= 0.6 is 11.3 Å². The number of fused-ring (bicyclic) bond motifs is 1. The molecule has 2 aromatic rings. The molecule has 0 saturated carbocycles. The summed E-state index contributed by atoms with van der Waals surface area (Å²) in [4.78, 5) is 30.2. The van der Waals surface area contributed by atoms with Crippen LogP contribution < -0.4 is 0 Å². The SMILES string of the molecule is O=C(C1CC=CCC1c1nc2ccccc2s1)N1CCC(F)(C(=O)O)C1. The van der Waals surface area contributed by atoms with Gasteiger partial charge in [-0.3, -0.25) is 4.79 Å². The summed E-state index contributed by atoms with van der Waals surface area (Å²) in [6.45, 7) is -0.220. The van der Waals surface area contributed by atoms with Crippen LogP contribution in [0.15, 0.2) is 36.4 Å². The van der Waals surface area contributed by atoms with E-state index >= 15 is 0 Å². The number of rotatable bonds is 3. The van der Waals surface area contributed by atoms with E-state index in [-0.39, 0.29) is 37.3 Å². The van der Waals surface area contributed by atoms with Gasteiger partial charge in [0.15, 0.2) is 0 Å². The number of carbonyl (C=O) groups is 2. The number of nitrogens with zero attached hydrogens (tertiary/aromatic N) is 2. The van der Waals surface area contributed by atoms with Crippen molar-refractivity contribution in [2.45, 2.75) is 30.8 Å². The number of allylic oxidation sites excluding steroid dienone is 2. The number of alkyl halides is 1. The van der Waals surface area contributed by atoms with Crippen LogP contribution in [0.25, 0.3) is 10.2 Å². The minimum atomic E-state index is -2.33. The highest BCUT2D eigenvalue weighted by Crippen LogP contribution is 2.40. The van der Waals surface area contributed by atoms with Crippen molar-refractivity contribution in [1.29, 1.82) is 0 Å². The number of hydrogen-bond donors (Lipinski definition) is 1. The Morgan fingerprint density at radius 2 is 2.04 bits per heavy atom. The molecule has 2 heterocycles. The van der Waals surface area contributed by atoms with Gasteiger partial charge in [-0.25, -0.2) is 14.2 Å². The van der Waals surface area contributed by atoms with E-state index in [0.29, 0.717) is 12.8 Å². The summed E-state index contributed by atoms with van der Waals surface area (Å²) in [6, 6.07) is 7.86. The van der Waals surface area contributed by atoms with E-state index in [2.05, 4.69) is 6.08 Å². The van der Waals surface area contributed by atoms with E-state index < -0.39 is 11.6 Å². The molecule has 26 heavy (non-hydrogen) atoms. The average molecular weight is 374 g/mol. The van der Waals surface area contributed by atoms with Gasteiger partial charge in [0.2, 0.25) is 11.6 Å². The Morgan fingerprint density at radius 1 is 1.27 bits per heavy atom. The molecular formula is C19H19FN2O3S. The zero-order chi connectivity index (χ0) is 18.3. The number of benzene rings is 1. The molecule has 5 nitrogen and oxygen atoms in total. The Kier molecular flexibility index (Phi) is 4.26. The summed E-state index contributed by atoms with van der Waals surface area (Å²) in [5.41, 5.74) is -1.41. The van der Waals surface area contributed by atoms with Gasteiger partial charge in [-0.1, -0.05) is 24.3 Å². The Balaban J connectivity index is 1.59. The van der Waals surface area contributed by atoms with Crippen LogP contribution in [0.1, 0.15) is 30.2 Å². The zero-order valence-electron chi connectivity index (χ0n) is 14.1. The predicted molar refractivity (Wildman–Crippen MR) is 96.9 cm³/mol. The van der Waals surface area contributed by atoms with Gasteiger partial charge in [-0.05, 0) is 25.0 Å². The van der Waals surface area contributed by atoms with Gasteiger partial charge in [0.05, 0.1) is 27.7 Å². The van der Waals surface area contributed by atoms with Crippen molar-refractivity contribution in [3.05, 3.63) is 41.4 Å². The standard InChI is InChI=1S/C19H19FN2O3S/c20-19(18(24)25)9-10-22(11-19)17(23)13-6-2-1-5-12(13)16-21-14-7-3-4-8-15(14)26-16/h1-4,7-8,12-13H,5-6,9-11H2,(H,24,25). The van der Waals surface area contributed by atoms with Crippen LogP contribution in [-0.4, -0.2) is 45.6 Å². The van der Waals surface area contributed by atoms with E-state index in [1.165, 1.54) is 4.90 Å². The van der Waals surface area contributed by atoms with Crippen LogP contribution in [0.3, 0.4) is 0 Å². The number of aliphatic carboxylic acids is 1. The van der Waals surface area contributed by atoms with Gasteiger partial charge in [0.25, 0.3) is 0 Å². The number of thiazole rings is 1. The molecule has 1 aliphatic carbocycles. The Morgan fingerprint density at radius 3 is 2.77 bits per heavy atom. The quantitative estimate of drug-likeness (QED) is 0.836. The number of carbonyl (C=O) groups excluding carboxylic acids is 1. The normalized spacial score (nSPS) is 28.6. The molecule has 1 aromatic heterocycles. The molecule has 1 fully saturated rings. The first-order valence-corrected chi connectivity index (χ1v) is 9.51. The topological polar surface area (TPSA) is 70.5 Å². The third-order valence-corrected chi connectivity index (χ3v) is 6.46. The van der Waals surface area contributed by atoms with Crippen molar-refractivity contribution in [3.8, 4) is 0 Å². The molecule has 7 heteroatoms. The first-order valence-electron chi connectivity index (χ1n) is 8.69. The van der Waals surface area contributed by atoms with Crippen LogP contribution in [0.4, 0.5) is 4.39 Å². The first-order chi connectivity index (χ1) is 12.5. The summed E-state index contributed by atoms with van der Waals surface area (Å²) in [5.74, 6) is -2.03.